The molecule has 3 heterocycles. The van der Waals surface area contributed by atoms with Crippen LogP contribution >= 0.6 is 0 Å². The summed E-state index contributed by atoms with van der Waals surface area (Å²) < 4.78 is 1.18. The summed E-state index contributed by atoms with van der Waals surface area (Å²) in [7, 11) is 0. The first-order chi connectivity index (χ1) is 11.1. The predicted octanol–water partition coefficient (Wildman–Crippen LogP) is -0.264. The van der Waals surface area contributed by atoms with Gasteiger partial charge in [0, 0.05) is 24.4 Å². The van der Waals surface area contributed by atoms with Crippen LogP contribution in [0.2, 0.25) is 0 Å². The molecule has 0 saturated carbocycles. The van der Waals surface area contributed by atoms with Crippen LogP contribution < -0.4 is 10.9 Å². The van der Waals surface area contributed by atoms with Gasteiger partial charge >= 0.3 is 0 Å². The molecule has 0 fully saturated rings. The highest BCUT2D eigenvalue weighted by molar-refractivity contribution is 5.93. The fourth-order valence-corrected chi connectivity index (χ4v) is 2.91. The molecule has 1 aliphatic carbocycles. The summed E-state index contributed by atoms with van der Waals surface area (Å²) in [6.45, 7) is 1.72. The van der Waals surface area contributed by atoms with Gasteiger partial charge < -0.3 is 5.32 Å². The van der Waals surface area contributed by atoms with Gasteiger partial charge in [-0.25, -0.2) is 4.98 Å². The lowest BCUT2D eigenvalue weighted by atomic mass is 9.93. The van der Waals surface area contributed by atoms with Crippen molar-refractivity contribution in [3.05, 3.63) is 45.4 Å². The highest BCUT2D eigenvalue weighted by Crippen LogP contribution is 2.18. The molecule has 1 amide bonds. The highest BCUT2D eigenvalue weighted by Gasteiger charge is 2.23. The van der Waals surface area contributed by atoms with Gasteiger partial charge in [-0.05, 0) is 25.3 Å². The van der Waals surface area contributed by atoms with Crippen LogP contribution in [0.1, 0.15) is 33.9 Å². The number of fused-ring (bicyclic) bond motifs is 2. The molecule has 0 radical (unpaired) electrons. The lowest BCUT2D eigenvalue weighted by molar-refractivity contribution is 0.0931. The first kappa shape index (κ1) is 13.7. The fraction of sp³-hybridized carbons (Fsp3) is 0.357. The molecule has 0 aromatic carbocycles. The number of nitrogens with one attached hydrogen (secondary N) is 3. The number of amides is 1. The summed E-state index contributed by atoms with van der Waals surface area (Å²) in [5.74, 6) is 0.396. The molecule has 1 atom stereocenters. The van der Waals surface area contributed by atoms with E-state index in [0.29, 0.717) is 12.2 Å². The van der Waals surface area contributed by atoms with E-state index in [4.69, 9.17) is 0 Å². The zero-order valence-electron chi connectivity index (χ0n) is 12.5. The van der Waals surface area contributed by atoms with E-state index in [9.17, 15) is 9.59 Å². The average molecular weight is 313 g/mol. The quantitative estimate of drug-likeness (QED) is 0.602. The van der Waals surface area contributed by atoms with Crippen molar-refractivity contribution in [3.63, 3.8) is 0 Å². The van der Waals surface area contributed by atoms with Crippen molar-refractivity contribution in [2.75, 3.05) is 0 Å². The van der Waals surface area contributed by atoms with Gasteiger partial charge in [0.2, 0.25) is 0 Å². The van der Waals surface area contributed by atoms with Crippen LogP contribution in [0.4, 0.5) is 0 Å². The molecule has 9 nitrogen and oxygen atoms in total. The largest absolute Gasteiger partial charge is 0.349 e. The number of H-pyrrole nitrogens is 2. The molecule has 3 aromatic heterocycles. The second-order valence-corrected chi connectivity index (χ2v) is 5.71. The van der Waals surface area contributed by atoms with Gasteiger partial charge in [-0.3, -0.25) is 19.8 Å². The maximum atomic E-state index is 12.4. The Balaban J connectivity index is 1.58. The summed E-state index contributed by atoms with van der Waals surface area (Å²) in [5.41, 5.74) is 1.77. The lowest BCUT2D eigenvalue weighted by Gasteiger charge is -2.22. The third-order valence-electron chi connectivity index (χ3n) is 4.08. The monoisotopic (exact) mass is 313 g/mol. The third kappa shape index (κ3) is 2.30. The standard InChI is InChI=1S/C14H15N7O2/c1-7-17-14-15-6-10(13(23)21(14)20-7)12(22)18-9-3-2-8-5-16-19-11(8)4-9/h5-6,9H,2-4H2,1H3,(H,16,19)(H,18,22)(H,15,17,20). The van der Waals surface area contributed by atoms with Crippen LogP contribution in [-0.2, 0) is 12.8 Å². The Labute approximate surface area is 130 Å². The van der Waals surface area contributed by atoms with Crippen LogP contribution in [0.25, 0.3) is 5.78 Å². The van der Waals surface area contributed by atoms with Gasteiger partial charge in [0.05, 0.1) is 6.20 Å². The Morgan fingerprint density at radius 2 is 2.30 bits per heavy atom. The fourth-order valence-electron chi connectivity index (χ4n) is 2.91. The van der Waals surface area contributed by atoms with Gasteiger partial charge in [0.15, 0.2) is 0 Å². The zero-order valence-corrected chi connectivity index (χ0v) is 12.5. The van der Waals surface area contributed by atoms with Crippen molar-refractivity contribution < 1.29 is 4.79 Å². The van der Waals surface area contributed by atoms with Crippen molar-refractivity contribution in [1.82, 2.24) is 35.1 Å². The van der Waals surface area contributed by atoms with Gasteiger partial charge in [-0.15, -0.1) is 0 Å². The van der Waals surface area contributed by atoms with E-state index in [1.165, 1.54) is 16.3 Å². The molecule has 4 rings (SSSR count). The average Bonchev–Trinajstić information content (AvgIpc) is 3.13. The number of carbonyl (C=O) groups excluding carboxylic acids is 1. The van der Waals surface area contributed by atoms with Crippen molar-refractivity contribution in [2.24, 2.45) is 0 Å². The topological polar surface area (TPSA) is 121 Å². The van der Waals surface area contributed by atoms with Gasteiger partial charge in [-0.2, -0.15) is 14.6 Å². The van der Waals surface area contributed by atoms with Crippen molar-refractivity contribution in [2.45, 2.75) is 32.2 Å². The lowest BCUT2D eigenvalue weighted by Crippen LogP contribution is -2.41. The molecule has 9 heteroatoms. The normalized spacial score (nSPS) is 17.2. The number of aryl methyl sites for hydroxylation is 2. The highest BCUT2D eigenvalue weighted by atomic mass is 16.2. The minimum absolute atomic E-state index is 0.00144. The Hall–Kier alpha value is -2.97. The first-order valence-corrected chi connectivity index (χ1v) is 7.38. The van der Waals surface area contributed by atoms with E-state index in [-0.39, 0.29) is 17.4 Å². The molecule has 3 N–H and O–H groups in total. The molecule has 0 saturated heterocycles. The number of hydrogen-bond acceptors (Lipinski definition) is 5. The van der Waals surface area contributed by atoms with E-state index in [1.807, 2.05) is 6.20 Å². The van der Waals surface area contributed by atoms with E-state index >= 15 is 0 Å². The van der Waals surface area contributed by atoms with Crippen molar-refractivity contribution >= 4 is 11.7 Å². The number of aromatic amines is 2. The maximum Gasteiger partial charge on any atom is 0.286 e. The molecule has 3 aromatic rings. The Bertz CT molecular complexity index is 952. The maximum absolute atomic E-state index is 12.4. The van der Waals surface area contributed by atoms with Gasteiger partial charge in [-0.1, -0.05) is 0 Å². The van der Waals surface area contributed by atoms with E-state index in [0.717, 1.165) is 18.5 Å². The van der Waals surface area contributed by atoms with Crippen LogP contribution in [0.3, 0.4) is 0 Å². The third-order valence-corrected chi connectivity index (χ3v) is 4.08. The van der Waals surface area contributed by atoms with E-state index in [2.05, 4.69) is 30.6 Å². The smallest absolute Gasteiger partial charge is 0.286 e. The number of carbonyl (C=O) groups is 1. The molecule has 0 spiro atoms. The van der Waals surface area contributed by atoms with Crippen molar-refractivity contribution in [1.29, 1.82) is 0 Å². The Morgan fingerprint density at radius 1 is 1.43 bits per heavy atom. The van der Waals surface area contributed by atoms with E-state index in [1.54, 1.807) is 6.92 Å². The molecule has 23 heavy (non-hydrogen) atoms. The minimum Gasteiger partial charge on any atom is -0.349 e. The summed E-state index contributed by atoms with van der Waals surface area (Å²) in [5, 5.41) is 12.6. The zero-order chi connectivity index (χ0) is 16.0. The second-order valence-electron chi connectivity index (χ2n) is 5.71. The summed E-state index contributed by atoms with van der Waals surface area (Å²) in [6.07, 6.45) is 5.45. The molecule has 0 aliphatic heterocycles. The van der Waals surface area contributed by atoms with Gasteiger partial charge in [0.1, 0.15) is 11.4 Å². The molecule has 118 valence electrons. The van der Waals surface area contributed by atoms with Crippen LogP contribution in [0.5, 0.6) is 0 Å². The molecular weight excluding hydrogens is 298 g/mol. The van der Waals surface area contributed by atoms with Crippen LogP contribution in [0, 0.1) is 6.92 Å². The number of hydrogen-bond donors (Lipinski definition) is 3. The summed E-state index contributed by atoms with van der Waals surface area (Å²) >= 11 is 0. The van der Waals surface area contributed by atoms with Crippen LogP contribution in [-0.4, -0.2) is 41.7 Å². The Kier molecular flexibility index (Phi) is 3.00. The summed E-state index contributed by atoms with van der Waals surface area (Å²) in [6, 6.07) is -0.0287. The molecule has 0 bridgehead atoms. The molecule has 1 unspecified atom stereocenters. The summed E-state index contributed by atoms with van der Waals surface area (Å²) in [4.78, 5) is 32.9. The number of nitrogens with zero attached hydrogens (tertiary/aromatic N) is 4. The Morgan fingerprint density at radius 3 is 3.17 bits per heavy atom. The second kappa shape index (κ2) is 5.04. The van der Waals surface area contributed by atoms with Crippen molar-refractivity contribution in [3.8, 4) is 0 Å². The van der Waals surface area contributed by atoms with Crippen LogP contribution in [0.15, 0.2) is 17.2 Å². The minimum atomic E-state index is -0.453. The molecular formula is C14H15N7O2. The number of rotatable bonds is 2. The molecule has 1 aliphatic rings. The van der Waals surface area contributed by atoms with E-state index < -0.39 is 11.5 Å². The first-order valence-electron chi connectivity index (χ1n) is 7.38. The van der Waals surface area contributed by atoms with Gasteiger partial charge in [0.25, 0.3) is 17.2 Å². The number of aromatic nitrogens is 6. The predicted molar refractivity (Wildman–Crippen MR) is 80.2 cm³/mol. The SMILES string of the molecule is Cc1nc2ncc(C(=O)NC3CCc4cn[nH]c4C3)c(=O)n2[nH]1.